The van der Waals surface area contributed by atoms with E-state index in [2.05, 4.69) is 5.32 Å². The fraction of sp³-hybridized carbons (Fsp3) is 0.438. The first-order valence-electron chi connectivity index (χ1n) is 7.71. The van der Waals surface area contributed by atoms with Gasteiger partial charge in [-0.2, -0.15) is 0 Å². The molecule has 0 aromatic heterocycles. The number of esters is 1. The molecule has 1 fully saturated rings. The molecule has 1 N–H and O–H groups in total. The van der Waals surface area contributed by atoms with Gasteiger partial charge in [0.1, 0.15) is 0 Å². The molecule has 0 unspecified atom stereocenters. The van der Waals surface area contributed by atoms with E-state index in [4.69, 9.17) is 21.7 Å². The van der Waals surface area contributed by atoms with Gasteiger partial charge in [-0.3, -0.25) is 0 Å². The monoisotopic (exact) mass is 351 g/mol. The third-order valence-corrected chi connectivity index (χ3v) is 4.03. The lowest BCUT2D eigenvalue weighted by Crippen LogP contribution is -2.51. The highest BCUT2D eigenvalue weighted by molar-refractivity contribution is 7.80. The molecule has 1 aliphatic rings. The Morgan fingerprint density at radius 1 is 1.17 bits per heavy atom. The Kier molecular flexibility index (Phi) is 6.36. The van der Waals surface area contributed by atoms with Crippen molar-refractivity contribution < 1.29 is 19.1 Å². The molecule has 0 saturated carbocycles. The number of carbonyl (C=O) groups is 2. The van der Waals surface area contributed by atoms with Gasteiger partial charge in [-0.05, 0) is 31.3 Å². The molecular formula is C16H21N3O4S. The Morgan fingerprint density at radius 2 is 1.79 bits per heavy atom. The zero-order valence-electron chi connectivity index (χ0n) is 13.8. The third-order valence-electron chi connectivity index (χ3n) is 3.67. The van der Waals surface area contributed by atoms with E-state index >= 15 is 0 Å². The summed E-state index contributed by atoms with van der Waals surface area (Å²) < 4.78 is 9.77. The highest BCUT2D eigenvalue weighted by Gasteiger charge is 2.23. The molecule has 1 amide bonds. The largest absolute Gasteiger partial charge is 0.465 e. The van der Waals surface area contributed by atoms with Gasteiger partial charge >= 0.3 is 12.1 Å². The molecule has 1 aliphatic heterocycles. The smallest absolute Gasteiger partial charge is 0.409 e. The lowest BCUT2D eigenvalue weighted by Gasteiger charge is -2.35. The van der Waals surface area contributed by atoms with Crippen molar-refractivity contribution in [3.8, 4) is 0 Å². The van der Waals surface area contributed by atoms with E-state index in [1.54, 1.807) is 30.0 Å². The van der Waals surface area contributed by atoms with Gasteiger partial charge in [0.15, 0.2) is 5.11 Å². The molecular weight excluding hydrogens is 330 g/mol. The number of benzene rings is 1. The highest BCUT2D eigenvalue weighted by Crippen LogP contribution is 2.17. The average Bonchev–Trinajstić information content (AvgIpc) is 2.62. The van der Waals surface area contributed by atoms with Crippen molar-refractivity contribution >= 4 is 35.1 Å². The zero-order valence-corrected chi connectivity index (χ0v) is 14.6. The summed E-state index contributed by atoms with van der Waals surface area (Å²) in [5, 5.41) is 3.60. The summed E-state index contributed by atoms with van der Waals surface area (Å²) in [5.74, 6) is -0.423. The maximum Gasteiger partial charge on any atom is 0.409 e. The van der Waals surface area contributed by atoms with Crippen LogP contribution in [0.4, 0.5) is 10.5 Å². The van der Waals surface area contributed by atoms with Crippen molar-refractivity contribution in [1.82, 2.24) is 9.80 Å². The van der Waals surface area contributed by atoms with Crippen LogP contribution in [-0.4, -0.2) is 66.9 Å². The topological polar surface area (TPSA) is 71.1 Å². The van der Waals surface area contributed by atoms with E-state index in [1.165, 1.54) is 7.11 Å². The molecule has 1 heterocycles. The van der Waals surface area contributed by atoms with Gasteiger partial charge in [0, 0.05) is 26.2 Å². The summed E-state index contributed by atoms with van der Waals surface area (Å²) in [6.45, 7) is 4.43. The fourth-order valence-corrected chi connectivity index (χ4v) is 2.67. The van der Waals surface area contributed by atoms with Gasteiger partial charge in [-0.25, -0.2) is 9.59 Å². The predicted molar refractivity (Wildman–Crippen MR) is 94.2 cm³/mol. The van der Waals surface area contributed by atoms with Crippen molar-refractivity contribution in [3.05, 3.63) is 29.8 Å². The second kappa shape index (κ2) is 8.49. The predicted octanol–water partition coefficient (Wildman–Crippen LogP) is 1.94. The average molecular weight is 351 g/mol. The van der Waals surface area contributed by atoms with Crippen LogP contribution < -0.4 is 5.32 Å². The minimum absolute atomic E-state index is 0.299. The van der Waals surface area contributed by atoms with E-state index in [0.717, 1.165) is 0 Å². The minimum atomic E-state index is -0.423. The second-order valence-corrected chi connectivity index (χ2v) is 5.53. The Balaban J connectivity index is 1.95. The SMILES string of the molecule is CCOC(=O)N1CCN(C(=S)Nc2ccccc2C(=O)OC)CC1. The number of rotatable bonds is 3. The molecule has 1 aromatic carbocycles. The first-order chi connectivity index (χ1) is 11.6. The van der Waals surface area contributed by atoms with Gasteiger partial charge in [0.25, 0.3) is 0 Å². The summed E-state index contributed by atoms with van der Waals surface area (Å²) in [5.41, 5.74) is 1.02. The summed E-state index contributed by atoms with van der Waals surface area (Å²) in [4.78, 5) is 27.1. The molecule has 0 bridgehead atoms. The molecule has 130 valence electrons. The Morgan fingerprint density at radius 3 is 2.42 bits per heavy atom. The van der Waals surface area contributed by atoms with Gasteiger partial charge in [0.2, 0.25) is 0 Å². The van der Waals surface area contributed by atoms with Crippen LogP contribution in [-0.2, 0) is 9.47 Å². The van der Waals surface area contributed by atoms with Gasteiger partial charge in [-0.15, -0.1) is 0 Å². The molecule has 0 aliphatic carbocycles. The number of hydrogen-bond acceptors (Lipinski definition) is 5. The van der Waals surface area contributed by atoms with Gasteiger partial charge in [0.05, 0.1) is 25.0 Å². The number of nitrogens with zero attached hydrogens (tertiary/aromatic N) is 2. The molecule has 0 radical (unpaired) electrons. The van der Waals surface area contributed by atoms with Crippen molar-refractivity contribution in [3.63, 3.8) is 0 Å². The number of thiocarbonyl (C=S) groups is 1. The second-order valence-electron chi connectivity index (χ2n) is 5.14. The quantitative estimate of drug-likeness (QED) is 0.659. The van der Waals surface area contributed by atoms with Crippen LogP contribution in [0.2, 0.25) is 0 Å². The lowest BCUT2D eigenvalue weighted by atomic mass is 10.2. The molecule has 0 atom stereocenters. The van der Waals surface area contributed by atoms with Crippen molar-refractivity contribution in [2.75, 3.05) is 45.2 Å². The van der Waals surface area contributed by atoms with E-state index in [9.17, 15) is 9.59 Å². The number of nitrogens with one attached hydrogen (secondary N) is 1. The van der Waals surface area contributed by atoms with Crippen LogP contribution in [0.1, 0.15) is 17.3 Å². The van der Waals surface area contributed by atoms with Gasteiger partial charge < -0.3 is 24.6 Å². The maximum absolute atomic E-state index is 11.8. The molecule has 1 aromatic rings. The van der Waals surface area contributed by atoms with E-state index in [-0.39, 0.29) is 6.09 Å². The molecule has 8 heteroatoms. The number of hydrogen-bond donors (Lipinski definition) is 1. The molecule has 1 saturated heterocycles. The van der Waals surface area contributed by atoms with Crippen LogP contribution in [0.15, 0.2) is 24.3 Å². The Bertz CT molecular complexity index is 615. The number of piperazine rings is 1. The maximum atomic E-state index is 11.8. The zero-order chi connectivity index (χ0) is 17.5. The van der Waals surface area contributed by atoms with E-state index in [0.29, 0.717) is 49.1 Å². The van der Waals surface area contributed by atoms with Crippen molar-refractivity contribution in [2.45, 2.75) is 6.92 Å². The Hall–Kier alpha value is -2.35. The van der Waals surface area contributed by atoms with Crippen molar-refractivity contribution in [2.24, 2.45) is 0 Å². The van der Waals surface area contributed by atoms with Crippen LogP contribution >= 0.6 is 12.2 Å². The van der Waals surface area contributed by atoms with Crippen LogP contribution in [0.3, 0.4) is 0 Å². The lowest BCUT2D eigenvalue weighted by molar-refractivity contribution is 0.0601. The molecule has 7 nitrogen and oxygen atoms in total. The summed E-state index contributed by atoms with van der Waals surface area (Å²) in [6, 6.07) is 7.03. The Labute approximate surface area is 146 Å². The first-order valence-corrected chi connectivity index (χ1v) is 8.12. The van der Waals surface area contributed by atoms with Crippen LogP contribution in [0.5, 0.6) is 0 Å². The normalized spacial score (nSPS) is 14.1. The number of amides is 1. The van der Waals surface area contributed by atoms with E-state index < -0.39 is 5.97 Å². The molecule has 0 spiro atoms. The number of carbonyl (C=O) groups excluding carboxylic acids is 2. The number of methoxy groups -OCH3 is 1. The first kappa shape index (κ1) is 18.0. The minimum Gasteiger partial charge on any atom is -0.465 e. The number of anilines is 1. The highest BCUT2D eigenvalue weighted by atomic mass is 32.1. The summed E-state index contributed by atoms with van der Waals surface area (Å²) in [7, 11) is 1.34. The van der Waals surface area contributed by atoms with Crippen molar-refractivity contribution in [1.29, 1.82) is 0 Å². The fourth-order valence-electron chi connectivity index (χ4n) is 2.38. The van der Waals surface area contributed by atoms with Gasteiger partial charge in [-0.1, -0.05) is 12.1 Å². The van der Waals surface area contributed by atoms with E-state index in [1.807, 2.05) is 11.0 Å². The third kappa shape index (κ3) is 4.35. The number of para-hydroxylation sites is 1. The molecule has 24 heavy (non-hydrogen) atoms. The summed E-state index contributed by atoms with van der Waals surface area (Å²) >= 11 is 5.42. The standard InChI is InChI=1S/C16H21N3O4S/c1-3-23-16(21)19-10-8-18(9-11-19)15(24)17-13-7-5-4-6-12(13)14(20)22-2/h4-7H,3,8-11H2,1-2H3,(H,17,24). The van der Waals surface area contributed by atoms with Crippen LogP contribution in [0, 0.1) is 0 Å². The molecule has 2 rings (SSSR count). The van der Waals surface area contributed by atoms with Crippen LogP contribution in [0.25, 0.3) is 0 Å². The number of ether oxygens (including phenoxy) is 2. The summed E-state index contributed by atoms with van der Waals surface area (Å²) in [6.07, 6.45) is -0.299.